The molecule has 2 atom stereocenters. The molecule has 0 aliphatic heterocycles. The molecule has 2 N–H and O–H groups in total. The molecule has 196 valence electrons. The largest absolute Gasteiger partial charge is 0.377 e. The first kappa shape index (κ1) is 30.5. The van der Waals surface area contributed by atoms with Gasteiger partial charge in [-0.3, -0.25) is 19.2 Å². The van der Waals surface area contributed by atoms with E-state index in [0.717, 1.165) is 5.56 Å². The Labute approximate surface area is 210 Å². The van der Waals surface area contributed by atoms with Crippen LogP contribution >= 0.6 is 0 Å². The zero-order valence-electron chi connectivity index (χ0n) is 22.5. The van der Waals surface area contributed by atoms with Gasteiger partial charge in [0.2, 0.25) is 11.8 Å². The van der Waals surface area contributed by atoms with Crippen LogP contribution in [0.4, 0.5) is 5.69 Å². The lowest BCUT2D eigenvalue weighted by Crippen LogP contribution is -2.45. The molecule has 1 aromatic carbocycles. The zero-order valence-corrected chi connectivity index (χ0v) is 22.5. The van der Waals surface area contributed by atoms with Crippen molar-refractivity contribution in [3.63, 3.8) is 0 Å². The molecule has 0 unspecified atom stereocenters. The first-order chi connectivity index (χ1) is 16.4. The van der Waals surface area contributed by atoms with Crippen LogP contribution in [0.1, 0.15) is 79.7 Å². The van der Waals surface area contributed by atoms with Gasteiger partial charge >= 0.3 is 0 Å². The third-order valence-electron chi connectivity index (χ3n) is 5.70. The summed E-state index contributed by atoms with van der Waals surface area (Å²) in [6.07, 6.45) is 1.04. The number of carbonyl (C=O) groups is 4. The fourth-order valence-corrected chi connectivity index (χ4v) is 3.46. The number of Topliss-reactive ketones (excluding diaryl/α,β-unsaturated/α-hetero) is 2. The number of rotatable bonds is 16. The highest BCUT2D eigenvalue weighted by Crippen LogP contribution is 2.16. The van der Waals surface area contributed by atoms with Crippen LogP contribution in [-0.2, 0) is 30.5 Å². The summed E-state index contributed by atoms with van der Waals surface area (Å²) in [5, 5.41) is 5.65. The maximum atomic E-state index is 12.9. The summed E-state index contributed by atoms with van der Waals surface area (Å²) < 4.78 is 5.62. The SMILES string of the molecule is CC(C)COCc1ccc(NC(=O)[C@@H](C)CC(=O)[C@H](NC(=O)CCCC(=O)C(C)C)C(C)C)cc1. The number of amides is 2. The highest BCUT2D eigenvalue weighted by molar-refractivity contribution is 5.97. The molecule has 0 bridgehead atoms. The summed E-state index contributed by atoms with van der Waals surface area (Å²) in [4.78, 5) is 49.6. The smallest absolute Gasteiger partial charge is 0.227 e. The van der Waals surface area contributed by atoms with Crippen molar-refractivity contribution in [2.75, 3.05) is 11.9 Å². The predicted molar refractivity (Wildman–Crippen MR) is 139 cm³/mol. The molecular formula is C28H44N2O5. The van der Waals surface area contributed by atoms with E-state index in [4.69, 9.17) is 4.74 Å². The second kappa shape index (κ2) is 15.5. The summed E-state index contributed by atoms with van der Waals surface area (Å²) in [5.41, 5.74) is 1.68. The fraction of sp³-hybridized carbons (Fsp3) is 0.643. The van der Waals surface area contributed by atoms with E-state index in [1.165, 1.54) is 0 Å². The van der Waals surface area contributed by atoms with Gasteiger partial charge in [-0.25, -0.2) is 0 Å². The third-order valence-corrected chi connectivity index (χ3v) is 5.70. The maximum Gasteiger partial charge on any atom is 0.227 e. The molecule has 0 fully saturated rings. The van der Waals surface area contributed by atoms with Gasteiger partial charge < -0.3 is 15.4 Å². The Morgan fingerprint density at radius 2 is 1.49 bits per heavy atom. The first-order valence-electron chi connectivity index (χ1n) is 12.7. The standard InChI is InChI=1S/C28H44N2O5/c1-18(2)16-35-17-22-11-13-23(14-12-22)29-28(34)21(7)15-25(32)27(20(5)6)30-26(33)10-8-9-24(31)19(3)4/h11-14,18-21,27H,8-10,15-17H2,1-7H3,(H,29,34)(H,30,33)/t21-,27+/m0/s1. The van der Waals surface area contributed by atoms with Gasteiger partial charge in [0.15, 0.2) is 5.78 Å². The molecule has 0 spiro atoms. The molecule has 7 heteroatoms. The lowest BCUT2D eigenvalue weighted by molar-refractivity contribution is -0.131. The number of carbonyl (C=O) groups excluding carboxylic acids is 4. The topological polar surface area (TPSA) is 102 Å². The molecule has 0 saturated heterocycles. The van der Waals surface area contributed by atoms with Gasteiger partial charge in [-0.1, -0.05) is 60.6 Å². The Morgan fingerprint density at radius 3 is 2.03 bits per heavy atom. The van der Waals surface area contributed by atoms with Crippen LogP contribution in [0, 0.1) is 23.7 Å². The van der Waals surface area contributed by atoms with E-state index < -0.39 is 12.0 Å². The Kier molecular flexibility index (Phi) is 13.5. The fourth-order valence-electron chi connectivity index (χ4n) is 3.46. The average molecular weight is 489 g/mol. The molecule has 2 amide bonds. The Morgan fingerprint density at radius 1 is 0.857 bits per heavy atom. The van der Waals surface area contributed by atoms with Crippen molar-refractivity contribution in [1.29, 1.82) is 0 Å². The number of anilines is 1. The number of ether oxygens (including phenoxy) is 1. The highest BCUT2D eigenvalue weighted by Gasteiger charge is 2.27. The van der Waals surface area contributed by atoms with E-state index in [9.17, 15) is 19.2 Å². The number of ketones is 2. The van der Waals surface area contributed by atoms with Crippen LogP contribution in [0.2, 0.25) is 0 Å². The second-order valence-electron chi connectivity index (χ2n) is 10.4. The molecule has 0 saturated carbocycles. The summed E-state index contributed by atoms with van der Waals surface area (Å²) >= 11 is 0. The number of benzene rings is 1. The van der Waals surface area contributed by atoms with Crippen molar-refractivity contribution < 1.29 is 23.9 Å². The van der Waals surface area contributed by atoms with Crippen LogP contribution < -0.4 is 10.6 Å². The number of hydrogen-bond donors (Lipinski definition) is 2. The molecular weight excluding hydrogens is 444 g/mol. The second-order valence-corrected chi connectivity index (χ2v) is 10.4. The van der Waals surface area contributed by atoms with Crippen LogP contribution in [-0.4, -0.2) is 36.0 Å². The molecule has 7 nitrogen and oxygen atoms in total. The minimum Gasteiger partial charge on any atom is -0.377 e. The van der Waals surface area contributed by atoms with Crippen molar-refractivity contribution in [2.24, 2.45) is 23.7 Å². The zero-order chi connectivity index (χ0) is 26.5. The van der Waals surface area contributed by atoms with Crippen molar-refractivity contribution in [2.45, 2.75) is 86.8 Å². The van der Waals surface area contributed by atoms with Gasteiger partial charge in [-0.2, -0.15) is 0 Å². The third kappa shape index (κ3) is 12.1. The lowest BCUT2D eigenvalue weighted by atomic mass is 9.92. The number of hydrogen-bond acceptors (Lipinski definition) is 5. The molecule has 0 aliphatic rings. The molecule has 0 aliphatic carbocycles. The van der Waals surface area contributed by atoms with E-state index in [1.54, 1.807) is 6.92 Å². The summed E-state index contributed by atoms with van der Waals surface area (Å²) in [5.74, 6) is -0.761. The van der Waals surface area contributed by atoms with Gasteiger partial charge in [0.05, 0.1) is 12.6 Å². The van der Waals surface area contributed by atoms with E-state index in [2.05, 4.69) is 24.5 Å². The maximum absolute atomic E-state index is 12.9. The molecule has 1 aromatic rings. The van der Waals surface area contributed by atoms with Gasteiger partial charge in [0, 0.05) is 43.4 Å². The van der Waals surface area contributed by atoms with E-state index >= 15 is 0 Å². The van der Waals surface area contributed by atoms with E-state index in [0.29, 0.717) is 37.7 Å². The molecule has 1 rings (SSSR count). The Balaban J connectivity index is 2.55. The predicted octanol–water partition coefficient (Wildman–Crippen LogP) is 4.93. The van der Waals surface area contributed by atoms with E-state index in [1.807, 2.05) is 52.0 Å². The van der Waals surface area contributed by atoms with Gasteiger partial charge in [-0.05, 0) is 36.0 Å². The molecule has 0 aromatic heterocycles. The van der Waals surface area contributed by atoms with Crippen LogP contribution in [0.15, 0.2) is 24.3 Å². The molecule has 0 heterocycles. The van der Waals surface area contributed by atoms with Crippen LogP contribution in [0.25, 0.3) is 0 Å². The van der Waals surface area contributed by atoms with Crippen molar-refractivity contribution >= 4 is 29.1 Å². The molecule has 35 heavy (non-hydrogen) atoms. The summed E-state index contributed by atoms with van der Waals surface area (Å²) in [6, 6.07) is 6.79. The monoisotopic (exact) mass is 488 g/mol. The summed E-state index contributed by atoms with van der Waals surface area (Å²) in [7, 11) is 0. The van der Waals surface area contributed by atoms with Gasteiger partial charge in [0.25, 0.3) is 0 Å². The summed E-state index contributed by atoms with van der Waals surface area (Å²) in [6.45, 7) is 14.5. The van der Waals surface area contributed by atoms with Crippen molar-refractivity contribution in [3.05, 3.63) is 29.8 Å². The minimum atomic E-state index is -0.663. The highest BCUT2D eigenvalue weighted by atomic mass is 16.5. The minimum absolute atomic E-state index is 0.0297. The lowest BCUT2D eigenvalue weighted by Gasteiger charge is -2.23. The normalized spacial score (nSPS) is 13.1. The average Bonchev–Trinajstić information content (AvgIpc) is 2.77. The van der Waals surface area contributed by atoms with Gasteiger partial charge in [-0.15, -0.1) is 0 Å². The molecule has 0 radical (unpaired) electrons. The van der Waals surface area contributed by atoms with Crippen LogP contribution in [0.3, 0.4) is 0 Å². The number of nitrogens with one attached hydrogen (secondary N) is 2. The van der Waals surface area contributed by atoms with Gasteiger partial charge in [0.1, 0.15) is 5.78 Å². The van der Waals surface area contributed by atoms with Crippen LogP contribution in [0.5, 0.6) is 0 Å². The Bertz CT molecular complexity index is 830. The quantitative estimate of drug-likeness (QED) is 0.344. The van der Waals surface area contributed by atoms with Crippen molar-refractivity contribution in [3.8, 4) is 0 Å². The van der Waals surface area contributed by atoms with E-state index in [-0.39, 0.29) is 48.1 Å². The Hall–Kier alpha value is -2.54. The van der Waals surface area contributed by atoms with Crippen molar-refractivity contribution in [1.82, 2.24) is 5.32 Å². The first-order valence-corrected chi connectivity index (χ1v) is 12.7.